The highest BCUT2D eigenvalue weighted by atomic mass is 16.2. The largest absolute Gasteiger partial charge is 0.340 e. The van der Waals surface area contributed by atoms with Crippen LogP contribution in [0.3, 0.4) is 0 Å². The van der Waals surface area contributed by atoms with Crippen molar-refractivity contribution in [3.63, 3.8) is 0 Å². The molecule has 0 unspecified atom stereocenters. The van der Waals surface area contributed by atoms with Crippen LogP contribution in [0.2, 0.25) is 0 Å². The van der Waals surface area contributed by atoms with Crippen molar-refractivity contribution in [1.82, 2.24) is 9.80 Å². The van der Waals surface area contributed by atoms with Gasteiger partial charge in [-0.05, 0) is 37.1 Å². The number of nitrogens with one attached hydrogen (secondary N) is 1. The topological polar surface area (TPSA) is 52.7 Å². The first-order valence-electron chi connectivity index (χ1n) is 7.80. The van der Waals surface area contributed by atoms with Crippen LogP contribution in [-0.4, -0.2) is 54.3 Å². The molecule has 1 N–H and O–H groups in total. The Morgan fingerprint density at radius 2 is 1.64 bits per heavy atom. The predicted octanol–water partition coefficient (Wildman–Crippen LogP) is 1.80. The number of nitrogens with zero attached hydrogens (tertiary/aromatic N) is 2. The number of carbonyl (C=O) groups excluding carboxylic acids is 2. The smallest absolute Gasteiger partial charge is 0.225 e. The third kappa shape index (κ3) is 4.84. The van der Waals surface area contributed by atoms with Crippen LogP contribution in [0.15, 0.2) is 18.2 Å². The van der Waals surface area contributed by atoms with E-state index in [1.807, 2.05) is 30.9 Å². The average molecular weight is 303 g/mol. The highest BCUT2D eigenvalue weighted by Gasteiger charge is 2.18. The summed E-state index contributed by atoms with van der Waals surface area (Å²) in [7, 11) is 0. The molecule has 1 heterocycles. The van der Waals surface area contributed by atoms with Crippen molar-refractivity contribution >= 4 is 17.5 Å². The Hall–Kier alpha value is -1.88. The fourth-order valence-electron chi connectivity index (χ4n) is 2.82. The van der Waals surface area contributed by atoms with Gasteiger partial charge in [0, 0.05) is 51.8 Å². The van der Waals surface area contributed by atoms with Gasteiger partial charge in [-0.25, -0.2) is 0 Å². The number of hydrogen-bond acceptors (Lipinski definition) is 3. The van der Waals surface area contributed by atoms with Gasteiger partial charge in [-0.1, -0.05) is 6.07 Å². The number of benzene rings is 1. The molecule has 0 atom stereocenters. The van der Waals surface area contributed by atoms with E-state index >= 15 is 0 Å². The monoisotopic (exact) mass is 303 g/mol. The van der Waals surface area contributed by atoms with Gasteiger partial charge in [0.2, 0.25) is 11.8 Å². The Labute approximate surface area is 132 Å². The highest BCUT2D eigenvalue weighted by molar-refractivity contribution is 5.91. The van der Waals surface area contributed by atoms with E-state index in [4.69, 9.17) is 0 Å². The van der Waals surface area contributed by atoms with Crippen molar-refractivity contribution in [2.45, 2.75) is 27.2 Å². The van der Waals surface area contributed by atoms with Crippen LogP contribution in [0.1, 0.15) is 24.5 Å². The average Bonchev–Trinajstić information content (AvgIpc) is 2.44. The molecule has 1 aliphatic rings. The predicted molar refractivity (Wildman–Crippen MR) is 87.9 cm³/mol. The Kier molecular flexibility index (Phi) is 5.55. The molecular weight excluding hydrogens is 278 g/mol. The zero-order chi connectivity index (χ0) is 16.1. The van der Waals surface area contributed by atoms with Gasteiger partial charge in [-0.3, -0.25) is 14.5 Å². The van der Waals surface area contributed by atoms with Crippen molar-refractivity contribution in [2.24, 2.45) is 0 Å². The molecule has 22 heavy (non-hydrogen) atoms. The number of rotatable bonds is 4. The minimum absolute atomic E-state index is 0.0407. The summed E-state index contributed by atoms with van der Waals surface area (Å²) in [6.07, 6.45) is 0.479. The second-order valence-corrected chi connectivity index (χ2v) is 6.02. The molecule has 0 radical (unpaired) electrons. The van der Waals surface area contributed by atoms with Crippen LogP contribution in [0.5, 0.6) is 0 Å². The van der Waals surface area contributed by atoms with E-state index in [1.165, 1.54) is 0 Å². The van der Waals surface area contributed by atoms with Gasteiger partial charge < -0.3 is 10.2 Å². The minimum Gasteiger partial charge on any atom is -0.340 e. The van der Waals surface area contributed by atoms with E-state index in [9.17, 15) is 9.59 Å². The van der Waals surface area contributed by atoms with Gasteiger partial charge in [0.1, 0.15) is 0 Å². The van der Waals surface area contributed by atoms with Gasteiger partial charge in [0.25, 0.3) is 0 Å². The maximum atomic E-state index is 12.0. The van der Waals surface area contributed by atoms with Crippen molar-refractivity contribution in [2.75, 3.05) is 38.0 Å². The van der Waals surface area contributed by atoms with Crippen LogP contribution in [0, 0.1) is 13.8 Å². The lowest BCUT2D eigenvalue weighted by molar-refractivity contribution is -0.130. The van der Waals surface area contributed by atoms with Gasteiger partial charge in [0.05, 0.1) is 0 Å². The molecule has 5 heteroatoms. The van der Waals surface area contributed by atoms with Crippen molar-refractivity contribution in [3.05, 3.63) is 29.3 Å². The molecule has 2 rings (SSSR count). The fourth-order valence-corrected chi connectivity index (χ4v) is 2.82. The Morgan fingerprint density at radius 3 is 2.18 bits per heavy atom. The molecule has 1 aromatic rings. The summed E-state index contributed by atoms with van der Waals surface area (Å²) in [6.45, 7) is 9.60. The first-order valence-corrected chi connectivity index (χ1v) is 7.80. The zero-order valence-electron chi connectivity index (χ0n) is 13.7. The Balaban J connectivity index is 1.75. The molecule has 120 valence electrons. The van der Waals surface area contributed by atoms with Gasteiger partial charge in [0.15, 0.2) is 0 Å². The third-order valence-electron chi connectivity index (χ3n) is 3.98. The molecule has 1 fully saturated rings. The molecule has 0 spiro atoms. The van der Waals surface area contributed by atoms with Crippen LogP contribution >= 0.6 is 0 Å². The number of piperazine rings is 1. The number of carbonyl (C=O) groups is 2. The van der Waals surface area contributed by atoms with Crippen molar-refractivity contribution in [3.8, 4) is 0 Å². The first-order chi connectivity index (χ1) is 10.4. The van der Waals surface area contributed by atoms with E-state index < -0.39 is 0 Å². The van der Waals surface area contributed by atoms with Gasteiger partial charge in [-0.15, -0.1) is 0 Å². The molecular formula is C17H25N3O2. The zero-order valence-corrected chi connectivity index (χ0v) is 13.7. The molecule has 0 aromatic heterocycles. The fraction of sp³-hybridized carbons (Fsp3) is 0.529. The lowest BCUT2D eigenvalue weighted by Gasteiger charge is -2.34. The van der Waals surface area contributed by atoms with E-state index in [1.54, 1.807) is 6.92 Å². The van der Waals surface area contributed by atoms with Crippen LogP contribution < -0.4 is 5.32 Å². The number of aryl methyl sites for hydroxylation is 2. The number of anilines is 1. The summed E-state index contributed by atoms with van der Waals surface area (Å²) in [5.74, 6) is 0.172. The summed E-state index contributed by atoms with van der Waals surface area (Å²) in [4.78, 5) is 27.4. The molecule has 1 saturated heterocycles. The number of hydrogen-bond donors (Lipinski definition) is 1. The maximum absolute atomic E-state index is 12.0. The molecule has 0 saturated carbocycles. The van der Waals surface area contributed by atoms with E-state index in [-0.39, 0.29) is 11.8 Å². The summed E-state index contributed by atoms with van der Waals surface area (Å²) >= 11 is 0. The van der Waals surface area contributed by atoms with E-state index in [0.29, 0.717) is 6.42 Å². The summed E-state index contributed by atoms with van der Waals surface area (Å²) in [5, 5.41) is 2.96. The van der Waals surface area contributed by atoms with E-state index in [0.717, 1.165) is 49.5 Å². The van der Waals surface area contributed by atoms with Gasteiger partial charge >= 0.3 is 0 Å². The maximum Gasteiger partial charge on any atom is 0.225 e. The second-order valence-electron chi connectivity index (χ2n) is 6.02. The second kappa shape index (κ2) is 7.40. The lowest BCUT2D eigenvalue weighted by atomic mass is 10.1. The quantitative estimate of drug-likeness (QED) is 0.923. The van der Waals surface area contributed by atoms with Gasteiger partial charge in [-0.2, -0.15) is 0 Å². The standard InChI is InChI=1S/C17H25N3O2/c1-13-10-14(2)12-16(11-13)18-17(22)4-5-19-6-8-20(9-7-19)15(3)21/h10-12H,4-9H2,1-3H3,(H,18,22). The summed E-state index contributed by atoms with van der Waals surface area (Å²) in [5.41, 5.74) is 3.16. The SMILES string of the molecule is CC(=O)N1CCN(CCC(=O)Nc2cc(C)cc(C)c2)CC1. The first kappa shape index (κ1) is 16.5. The van der Waals surface area contributed by atoms with Crippen molar-refractivity contribution in [1.29, 1.82) is 0 Å². The van der Waals surface area contributed by atoms with E-state index in [2.05, 4.69) is 16.3 Å². The molecule has 2 amide bonds. The molecule has 5 nitrogen and oxygen atoms in total. The lowest BCUT2D eigenvalue weighted by Crippen LogP contribution is -2.48. The Morgan fingerprint density at radius 1 is 1.05 bits per heavy atom. The normalized spacial score (nSPS) is 15.7. The Bertz CT molecular complexity index is 529. The molecule has 0 bridgehead atoms. The van der Waals surface area contributed by atoms with Crippen LogP contribution in [-0.2, 0) is 9.59 Å². The summed E-state index contributed by atoms with van der Waals surface area (Å²) in [6, 6.07) is 6.05. The van der Waals surface area contributed by atoms with Crippen LogP contribution in [0.4, 0.5) is 5.69 Å². The summed E-state index contributed by atoms with van der Waals surface area (Å²) < 4.78 is 0. The van der Waals surface area contributed by atoms with Crippen LogP contribution in [0.25, 0.3) is 0 Å². The molecule has 1 aliphatic heterocycles. The molecule has 1 aromatic carbocycles. The highest BCUT2D eigenvalue weighted by Crippen LogP contribution is 2.14. The van der Waals surface area contributed by atoms with Crippen molar-refractivity contribution < 1.29 is 9.59 Å². The third-order valence-corrected chi connectivity index (χ3v) is 3.98. The minimum atomic E-state index is 0.0407. The number of amides is 2. The molecule has 0 aliphatic carbocycles.